The zero-order valence-electron chi connectivity index (χ0n) is 9.49. The summed E-state index contributed by atoms with van der Waals surface area (Å²) in [5, 5.41) is 0. The van der Waals surface area contributed by atoms with Crippen molar-refractivity contribution in [1.29, 1.82) is 0 Å². The van der Waals surface area contributed by atoms with E-state index in [4.69, 9.17) is 4.74 Å². The third-order valence-corrected chi connectivity index (χ3v) is 2.34. The van der Waals surface area contributed by atoms with Gasteiger partial charge in [0.1, 0.15) is 0 Å². The Bertz CT molecular complexity index is 363. The van der Waals surface area contributed by atoms with E-state index in [0.717, 1.165) is 12.0 Å². The van der Waals surface area contributed by atoms with E-state index in [9.17, 15) is 0 Å². The van der Waals surface area contributed by atoms with Crippen molar-refractivity contribution in [2.45, 2.75) is 12.5 Å². The van der Waals surface area contributed by atoms with Gasteiger partial charge in [0.15, 0.2) is 0 Å². The van der Waals surface area contributed by atoms with Crippen molar-refractivity contribution >= 4 is 0 Å². The molecule has 1 aromatic rings. The van der Waals surface area contributed by atoms with Crippen molar-refractivity contribution in [3.63, 3.8) is 0 Å². The molecule has 1 aliphatic carbocycles. The zero-order valence-corrected chi connectivity index (χ0v) is 12.6. The Kier molecular flexibility index (Phi) is 11.3. The normalized spacial score (nSPS) is 13.8. The molecule has 2 rings (SSSR count). The first-order valence-corrected chi connectivity index (χ1v) is 4.77. The monoisotopic (exact) mass is 303 g/mol. The van der Waals surface area contributed by atoms with Crippen LogP contribution in [0.3, 0.4) is 0 Å². The average Bonchev–Trinajstić information content (AvgIpc) is 2.74. The summed E-state index contributed by atoms with van der Waals surface area (Å²) >= 11 is 0. The van der Waals surface area contributed by atoms with Gasteiger partial charge >= 0.3 is 21.7 Å². The van der Waals surface area contributed by atoms with Gasteiger partial charge in [-0.25, -0.2) is 6.08 Å². The minimum absolute atomic E-state index is 0. The Balaban J connectivity index is 0. The van der Waals surface area contributed by atoms with Crippen LogP contribution in [0.25, 0.3) is 0 Å². The molecule has 0 fully saturated rings. The van der Waals surface area contributed by atoms with Crippen LogP contribution in [0.4, 0.5) is 0 Å². The molecule has 1 atom stereocenters. The number of hydrogen-bond acceptors (Lipinski definition) is 1. The Labute approximate surface area is 130 Å². The average molecular weight is 304 g/mol. The van der Waals surface area contributed by atoms with Crippen LogP contribution in [-0.4, -0.2) is 7.11 Å². The molecule has 0 aliphatic heterocycles. The van der Waals surface area contributed by atoms with Crippen LogP contribution in [0.2, 0.25) is 0 Å². The van der Waals surface area contributed by atoms with E-state index < -0.39 is 0 Å². The maximum absolute atomic E-state index is 5.47. The van der Waals surface area contributed by atoms with Crippen molar-refractivity contribution in [1.82, 2.24) is 0 Å². The van der Waals surface area contributed by atoms with Gasteiger partial charge in [-0.1, -0.05) is 30.3 Å². The summed E-state index contributed by atoms with van der Waals surface area (Å²) in [5.41, 5.74) is 2.32. The number of ether oxygens (including phenoxy) is 1. The van der Waals surface area contributed by atoms with E-state index in [0.29, 0.717) is 0 Å². The number of halogens is 2. The fourth-order valence-corrected chi connectivity index (χ4v) is 1.67. The summed E-state index contributed by atoms with van der Waals surface area (Å²) in [6, 6.07) is 10.2. The van der Waals surface area contributed by atoms with Gasteiger partial charge < -0.3 is 29.6 Å². The predicted octanol–water partition coefficient (Wildman–Crippen LogP) is -2.93. The fourth-order valence-electron chi connectivity index (χ4n) is 1.67. The third-order valence-electron chi connectivity index (χ3n) is 2.34. The molecule has 0 saturated carbocycles. The molecule has 0 amide bonds. The summed E-state index contributed by atoms with van der Waals surface area (Å²) in [7, 11) is 1.73. The van der Waals surface area contributed by atoms with Gasteiger partial charge in [0, 0.05) is 7.11 Å². The summed E-state index contributed by atoms with van der Waals surface area (Å²) in [6.07, 6.45) is 8.41. The molecular formula is C13H13Cl2OTi. The molecular weight excluding hydrogens is 291 g/mol. The number of hydrogen-bond donors (Lipinski definition) is 0. The van der Waals surface area contributed by atoms with Crippen molar-refractivity contribution in [3.8, 4) is 0 Å². The predicted molar refractivity (Wildman–Crippen MR) is 56.7 cm³/mol. The van der Waals surface area contributed by atoms with Gasteiger partial charge in [0.05, 0.1) is 6.10 Å². The minimum atomic E-state index is 0. The number of rotatable bonds is 3. The van der Waals surface area contributed by atoms with E-state index in [1.165, 1.54) is 5.56 Å². The molecule has 0 saturated heterocycles. The second-order valence-electron chi connectivity index (χ2n) is 3.27. The van der Waals surface area contributed by atoms with E-state index >= 15 is 0 Å². The third kappa shape index (κ3) is 4.99. The van der Waals surface area contributed by atoms with Crippen LogP contribution >= 0.6 is 0 Å². The van der Waals surface area contributed by atoms with Crippen molar-refractivity contribution in [2.24, 2.45) is 0 Å². The summed E-state index contributed by atoms with van der Waals surface area (Å²) in [6.45, 7) is 0. The SMILES string of the molecule is COC(C1=[C-]CC=C1)c1ccccc1.[Cl-].[Cl-].[Ti+3]. The first-order valence-electron chi connectivity index (χ1n) is 4.77. The van der Waals surface area contributed by atoms with E-state index in [1.54, 1.807) is 7.11 Å². The van der Waals surface area contributed by atoms with Crippen LogP contribution in [0.1, 0.15) is 18.1 Å². The Hall–Kier alpha value is -0.0457. The Morgan fingerprint density at radius 1 is 1.18 bits per heavy atom. The molecule has 0 bridgehead atoms. The molecule has 4 heteroatoms. The number of methoxy groups -OCH3 is 1. The second-order valence-corrected chi connectivity index (χ2v) is 3.27. The van der Waals surface area contributed by atoms with Crippen molar-refractivity contribution in [3.05, 3.63) is 59.7 Å². The summed E-state index contributed by atoms with van der Waals surface area (Å²) in [5.74, 6) is 0. The molecule has 1 nitrogen and oxygen atoms in total. The largest absolute Gasteiger partial charge is 3.00 e. The molecule has 0 N–H and O–H groups in total. The van der Waals surface area contributed by atoms with E-state index in [1.807, 2.05) is 18.2 Å². The Morgan fingerprint density at radius 3 is 2.29 bits per heavy atom. The van der Waals surface area contributed by atoms with Gasteiger partial charge in [0.2, 0.25) is 0 Å². The van der Waals surface area contributed by atoms with Crippen molar-refractivity contribution < 1.29 is 51.3 Å². The fraction of sp³-hybridized carbons (Fsp3) is 0.231. The first kappa shape index (κ1) is 19.3. The van der Waals surface area contributed by atoms with E-state index in [2.05, 4.69) is 30.4 Å². The zero-order chi connectivity index (χ0) is 9.80. The van der Waals surface area contributed by atoms with Crippen LogP contribution in [0.5, 0.6) is 0 Å². The smallest absolute Gasteiger partial charge is 1.00 e. The van der Waals surface area contributed by atoms with Crippen molar-refractivity contribution in [2.75, 3.05) is 7.11 Å². The number of benzene rings is 1. The minimum Gasteiger partial charge on any atom is -1.00 e. The Morgan fingerprint density at radius 2 is 1.82 bits per heavy atom. The molecule has 17 heavy (non-hydrogen) atoms. The van der Waals surface area contributed by atoms with Gasteiger partial charge in [-0.15, -0.1) is 6.42 Å². The van der Waals surface area contributed by atoms with Crippen LogP contribution < -0.4 is 24.8 Å². The van der Waals surface area contributed by atoms with Gasteiger partial charge in [-0.2, -0.15) is 11.6 Å². The topological polar surface area (TPSA) is 9.23 Å². The van der Waals surface area contributed by atoms with E-state index in [-0.39, 0.29) is 52.6 Å². The summed E-state index contributed by atoms with van der Waals surface area (Å²) < 4.78 is 5.47. The number of allylic oxidation sites excluding steroid dienone is 2. The molecule has 1 aromatic carbocycles. The van der Waals surface area contributed by atoms with Crippen LogP contribution in [0.15, 0.2) is 48.1 Å². The van der Waals surface area contributed by atoms with Gasteiger partial charge in [-0.05, 0) is 5.56 Å². The molecule has 0 spiro atoms. The molecule has 1 unspecified atom stereocenters. The molecule has 0 heterocycles. The molecule has 89 valence electrons. The maximum Gasteiger partial charge on any atom is 3.00 e. The molecule has 0 aromatic heterocycles. The maximum atomic E-state index is 5.47. The molecule has 1 radical (unpaired) electrons. The standard InChI is InChI=1S/C13H13O.2ClH.Ti/c1-14-13(12-9-5-6-10-12)11-7-3-2-4-8-11;;;/h2-5,7-9,13H,6H2,1H3;2*1H;/q-1;;;+3/p-2. The van der Waals surface area contributed by atoms with Crippen LogP contribution in [-0.2, 0) is 26.5 Å². The second kappa shape index (κ2) is 9.93. The first-order chi connectivity index (χ1) is 6.92. The quantitative estimate of drug-likeness (QED) is 0.429. The summed E-state index contributed by atoms with van der Waals surface area (Å²) in [4.78, 5) is 0. The molecule has 1 aliphatic rings. The van der Waals surface area contributed by atoms with Crippen LogP contribution in [0, 0.1) is 6.08 Å². The van der Waals surface area contributed by atoms with Gasteiger partial charge in [0.25, 0.3) is 0 Å². The van der Waals surface area contributed by atoms with Gasteiger partial charge in [-0.3, -0.25) is 6.08 Å².